The van der Waals surface area contributed by atoms with Crippen LogP contribution in [-0.2, 0) is 9.53 Å². The van der Waals surface area contributed by atoms with Crippen LogP contribution in [0.3, 0.4) is 0 Å². The molecule has 3 nitrogen and oxygen atoms in total. The lowest BCUT2D eigenvalue weighted by Crippen LogP contribution is -2.37. The van der Waals surface area contributed by atoms with Gasteiger partial charge < -0.3 is 9.64 Å². The summed E-state index contributed by atoms with van der Waals surface area (Å²) >= 11 is 1.79. The van der Waals surface area contributed by atoms with Crippen molar-refractivity contribution in [2.45, 2.75) is 31.9 Å². The topological polar surface area (TPSA) is 29.5 Å². The maximum atomic E-state index is 12.2. The number of thioether (sulfide) groups is 1. The zero-order valence-electron chi connectivity index (χ0n) is 11.1. The molecule has 18 heavy (non-hydrogen) atoms. The van der Waals surface area contributed by atoms with Crippen molar-refractivity contribution in [2.75, 3.05) is 26.3 Å². The van der Waals surface area contributed by atoms with Gasteiger partial charge in [0.1, 0.15) is 5.78 Å². The van der Waals surface area contributed by atoms with Gasteiger partial charge in [0, 0.05) is 19.5 Å². The largest absolute Gasteiger partial charge is 0.378 e. The van der Waals surface area contributed by atoms with Gasteiger partial charge in [0.25, 0.3) is 0 Å². The number of carbonyl (C=O) groups excluding carboxylic acids is 1. The van der Waals surface area contributed by atoms with Crippen molar-refractivity contribution < 1.29 is 9.53 Å². The monoisotopic (exact) mass is 267 g/mol. The van der Waals surface area contributed by atoms with Crippen LogP contribution >= 0.6 is 11.8 Å². The molecular weight excluding hydrogens is 246 g/mol. The van der Waals surface area contributed by atoms with Crippen LogP contribution in [0.1, 0.15) is 26.7 Å². The fraction of sp³-hybridized carbons (Fsp3) is 0.786. The second-order valence-electron chi connectivity index (χ2n) is 6.32. The molecule has 0 aromatic heterocycles. The van der Waals surface area contributed by atoms with E-state index in [2.05, 4.69) is 24.8 Å². The minimum Gasteiger partial charge on any atom is -0.378 e. The van der Waals surface area contributed by atoms with Gasteiger partial charge in [-0.2, -0.15) is 0 Å². The molecule has 0 bridgehead atoms. The van der Waals surface area contributed by atoms with Crippen molar-refractivity contribution >= 4 is 17.5 Å². The molecule has 1 aliphatic carbocycles. The van der Waals surface area contributed by atoms with Crippen LogP contribution in [-0.4, -0.2) is 42.2 Å². The van der Waals surface area contributed by atoms with E-state index < -0.39 is 0 Å². The number of ether oxygens (including phenoxy) is 1. The van der Waals surface area contributed by atoms with Gasteiger partial charge in [-0.25, -0.2) is 0 Å². The van der Waals surface area contributed by atoms with Gasteiger partial charge in [0.15, 0.2) is 0 Å². The Hall–Kier alpha value is -0.480. The Morgan fingerprint density at radius 2 is 2.11 bits per heavy atom. The molecule has 2 heterocycles. The number of morpholine rings is 1. The number of Topliss-reactive ketones (excluding diaryl/α,β-unsaturated/α-hetero) is 1. The van der Waals surface area contributed by atoms with E-state index in [0.29, 0.717) is 11.7 Å². The van der Waals surface area contributed by atoms with Crippen molar-refractivity contribution in [1.82, 2.24) is 4.90 Å². The zero-order chi connectivity index (χ0) is 12.8. The summed E-state index contributed by atoms with van der Waals surface area (Å²) in [5.74, 6) is 0.893. The van der Waals surface area contributed by atoms with Gasteiger partial charge in [0.2, 0.25) is 0 Å². The standard InChI is InChI=1S/C14H21NO2S/c1-14(2)8-10-7-12(15-3-5-17-6-4-15)18-13(10)11(16)9-14/h7,10,13H,3-6,8-9H2,1-2H3. The van der Waals surface area contributed by atoms with Gasteiger partial charge in [0.05, 0.1) is 23.5 Å². The number of ketones is 1. The highest BCUT2D eigenvalue weighted by atomic mass is 32.2. The number of nitrogens with zero attached hydrogens (tertiary/aromatic N) is 1. The predicted molar refractivity (Wildman–Crippen MR) is 73.4 cm³/mol. The molecule has 1 saturated carbocycles. The third kappa shape index (κ3) is 2.32. The van der Waals surface area contributed by atoms with Crippen LogP contribution in [0.4, 0.5) is 0 Å². The highest BCUT2D eigenvalue weighted by Crippen LogP contribution is 2.49. The van der Waals surface area contributed by atoms with Crippen LogP contribution in [0.25, 0.3) is 0 Å². The molecule has 2 atom stereocenters. The number of fused-ring (bicyclic) bond motifs is 1. The van der Waals surface area contributed by atoms with Crippen LogP contribution in [0.5, 0.6) is 0 Å². The van der Waals surface area contributed by atoms with Crippen molar-refractivity contribution in [1.29, 1.82) is 0 Å². The van der Waals surface area contributed by atoms with E-state index in [1.165, 1.54) is 5.03 Å². The summed E-state index contributed by atoms with van der Waals surface area (Å²) in [4.78, 5) is 14.6. The molecule has 0 N–H and O–H groups in total. The van der Waals surface area contributed by atoms with Gasteiger partial charge in [-0.1, -0.05) is 25.6 Å². The van der Waals surface area contributed by atoms with Crippen LogP contribution in [0.15, 0.2) is 11.1 Å². The maximum Gasteiger partial charge on any atom is 0.147 e. The molecule has 1 saturated heterocycles. The lowest BCUT2D eigenvalue weighted by atomic mass is 9.71. The molecule has 100 valence electrons. The zero-order valence-corrected chi connectivity index (χ0v) is 12.0. The second kappa shape index (κ2) is 4.57. The SMILES string of the molecule is CC1(C)CC(=O)C2SC(N3CCOCC3)=CC2C1. The van der Waals surface area contributed by atoms with Crippen molar-refractivity contribution in [2.24, 2.45) is 11.3 Å². The number of hydrogen-bond acceptors (Lipinski definition) is 4. The molecule has 2 aliphatic heterocycles. The maximum absolute atomic E-state index is 12.2. The Morgan fingerprint density at radius 3 is 2.83 bits per heavy atom. The van der Waals surface area contributed by atoms with E-state index in [-0.39, 0.29) is 10.7 Å². The summed E-state index contributed by atoms with van der Waals surface area (Å²) < 4.78 is 5.39. The van der Waals surface area contributed by atoms with E-state index in [4.69, 9.17) is 4.74 Å². The number of allylic oxidation sites excluding steroid dienone is 1. The normalized spacial score (nSPS) is 35.3. The third-order valence-electron chi connectivity index (χ3n) is 4.07. The lowest BCUT2D eigenvalue weighted by molar-refractivity contribution is -0.123. The van der Waals surface area contributed by atoms with E-state index in [0.717, 1.165) is 39.1 Å². The van der Waals surface area contributed by atoms with Crippen molar-refractivity contribution in [3.8, 4) is 0 Å². The second-order valence-corrected chi connectivity index (χ2v) is 7.48. The van der Waals surface area contributed by atoms with Gasteiger partial charge in [-0.15, -0.1) is 0 Å². The summed E-state index contributed by atoms with van der Waals surface area (Å²) in [6.07, 6.45) is 4.23. The summed E-state index contributed by atoms with van der Waals surface area (Å²) in [5, 5.41) is 1.51. The third-order valence-corrected chi connectivity index (χ3v) is 5.58. The molecule has 0 aromatic carbocycles. The molecule has 0 radical (unpaired) electrons. The van der Waals surface area contributed by atoms with E-state index >= 15 is 0 Å². The first-order chi connectivity index (χ1) is 8.55. The minimum absolute atomic E-state index is 0.176. The number of carbonyl (C=O) groups is 1. The van der Waals surface area contributed by atoms with Crippen LogP contribution in [0, 0.1) is 11.3 Å². The summed E-state index contributed by atoms with van der Waals surface area (Å²) in [6.45, 7) is 7.99. The molecule has 3 aliphatic rings. The highest BCUT2D eigenvalue weighted by Gasteiger charge is 2.44. The highest BCUT2D eigenvalue weighted by molar-refractivity contribution is 8.04. The smallest absolute Gasteiger partial charge is 0.147 e. The Morgan fingerprint density at radius 1 is 1.39 bits per heavy atom. The fourth-order valence-electron chi connectivity index (χ4n) is 3.24. The van der Waals surface area contributed by atoms with Gasteiger partial charge >= 0.3 is 0 Å². The molecule has 0 aromatic rings. The molecule has 4 heteroatoms. The fourth-order valence-corrected chi connectivity index (χ4v) is 4.65. The Labute approximate surface area is 113 Å². The van der Waals surface area contributed by atoms with Gasteiger partial charge in [-0.05, 0) is 23.8 Å². The van der Waals surface area contributed by atoms with Crippen molar-refractivity contribution in [3.05, 3.63) is 11.1 Å². The van der Waals surface area contributed by atoms with Crippen LogP contribution < -0.4 is 0 Å². The molecule has 0 spiro atoms. The molecule has 3 rings (SSSR count). The molecule has 0 amide bonds. The molecule has 2 unspecified atom stereocenters. The quantitative estimate of drug-likeness (QED) is 0.729. The Balaban J connectivity index is 1.74. The van der Waals surface area contributed by atoms with E-state index in [1.54, 1.807) is 11.8 Å². The molecule has 2 fully saturated rings. The average Bonchev–Trinajstić information content (AvgIpc) is 2.72. The predicted octanol–water partition coefficient (Wildman–Crippen LogP) is 2.28. The Bertz CT molecular complexity index is 385. The summed E-state index contributed by atoms with van der Waals surface area (Å²) in [5.41, 5.74) is 0.176. The Kier molecular flexibility index (Phi) is 3.18. The van der Waals surface area contributed by atoms with E-state index in [1.807, 2.05) is 0 Å². The molecular formula is C14H21NO2S. The summed E-state index contributed by atoms with van der Waals surface area (Å²) in [7, 11) is 0. The van der Waals surface area contributed by atoms with E-state index in [9.17, 15) is 4.79 Å². The first kappa shape index (κ1) is 12.5. The van der Waals surface area contributed by atoms with Crippen LogP contribution in [0.2, 0.25) is 0 Å². The first-order valence-corrected chi connectivity index (χ1v) is 7.67. The summed E-state index contributed by atoms with van der Waals surface area (Å²) in [6, 6.07) is 0. The lowest BCUT2D eigenvalue weighted by Gasteiger charge is -2.35. The minimum atomic E-state index is 0.176. The average molecular weight is 267 g/mol. The van der Waals surface area contributed by atoms with Crippen molar-refractivity contribution in [3.63, 3.8) is 0 Å². The number of rotatable bonds is 1. The first-order valence-electron chi connectivity index (χ1n) is 6.79. The number of hydrogen-bond donors (Lipinski definition) is 0. The van der Waals surface area contributed by atoms with Gasteiger partial charge in [-0.3, -0.25) is 4.79 Å².